The summed E-state index contributed by atoms with van der Waals surface area (Å²) in [6, 6.07) is 79.0. The molecule has 0 amide bonds. The van der Waals surface area contributed by atoms with Crippen molar-refractivity contribution in [3.8, 4) is 39.1 Å². The highest BCUT2D eigenvalue weighted by atomic mass is 15.1. The number of anilines is 3. The van der Waals surface area contributed by atoms with E-state index in [4.69, 9.17) is 0 Å². The molecule has 0 fully saturated rings. The van der Waals surface area contributed by atoms with Crippen molar-refractivity contribution in [2.24, 2.45) is 0 Å². The number of benzene rings is 9. The zero-order valence-corrected chi connectivity index (χ0v) is 34.6. The van der Waals surface area contributed by atoms with Crippen LogP contribution in [0.4, 0.5) is 17.1 Å². The number of aromatic nitrogens is 1. The van der Waals surface area contributed by atoms with E-state index in [2.05, 4.69) is 243 Å². The van der Waals surface area contributed by atoms with Gasteiger partial charge in [-0.25, -0.2) is 0 Å². The molecule has 10 aromatic rings. The Kier molecular flexibility index (Phi) is 7.74. The Hall–Kier alpha value is -7.42. The lowest BCUT2D eigenvalue weighted by Crippen LogP contribution is -2.26. The van der Waals surface area contributed by atoms with Crippen LogP contribution in [-0.2, 0) is 10.8 Å². The quantitative estimate of drug-likeness (QED) is 0.169. The van der Waals surface area contributed by atoms with Crippen LogP contribution in [-0.4, -0.2) is 4.57 Å². The van der Waals surface area contributed by atoms with E-state index >= 15 is 0 Å². The van der Waals surface area contributed by atoms with Crippen LogP contribution in [0.3, 0.4) is 0 Å². The molecule has 0 radical (unpaired) electrons. The normalized spacial score (nSPS) is 13.3. The lowest BCUT2D eigenvalue weighted by Gasteiger charge is -2.32. The van der Waals surface area contributed by atoms with Crippen LogP contribution < -0.4 is 4.90 Å². The monoisotopic (exact) mass is 780 g/mol. The molecule has 0 bridgehead atoms. The number of hydrogen-bond acceptors (Lipinski definition) is 1. The zero-order chi connectivity index (χ0) is 40.9. The summed E-state index contributed by atoms with van der Waals surface area (Å²) >= 11 is 0. The van der Waals surface area contributed by atoms with E-state index in [-0.39, 0.29) is 5.41 Å². The Morgan fingerprint density at radius 1 is 0.410 bits per heavy atom. The van der Waals surface area contributed by atoms with Gasteiger partial charge in [0.1, 0.15) is 0 Å². The van der Waals surface area contributed by atoms with E-state index in [1.165, 1.54) is 88.7 Å². The second-order valence-corrected chi connectivity index (χ2v) is 17.7. The maximum Gasteiger partial charge on any atom is 0.0726 e. The molecule has 2 aliphatic carbocycles. The third-order valence-electron chi connectivity index (χ3n) is 13.4. The van der Waals surface area contributed by atoms with Crippen molar-refractivity contribution in [1.29, 1.82) is 0 Å². The van der Waals surface area contributed by atoms with Crippen molar-refractivity contribution in [3.05, 3.63) is 240 Å². The number of para-hydroxylation sites is 2. The van der Waals surface area contributed by atoms with Gasteiger partial charge in [-0.1, -0.05) is 178 Å². The molecule has 0 aliphatic heterocycles. The van der Waals surface area contributed by atoms with Gasteiger partial charge in [-0.2, -0.15) is 0 Å². The Balaban J connectivity index is 1.07. The summed E-state index contributed by atoms with van der Waals surface area (Å²) in [6.45, 7) is 6.86. The van der Waals surface area contributed by atoms with Gasteiger partial charge in [-0.3, -0.25) is 0 Å². The van der Waals surface area contributed by atoms with Gasteiger partial charge in [0.25, 0.3) is 0 Å². The number of fused-ring (bicyclic) bond motifs is 13. The summed E-state index contributed by atoms with van der Waals surface area (Å²) in [5.74, 6) is 0. The van der Waals surface area contributed by atoms with Crippen molar-refractivity contribution in [1.82, 2.24) is 4.57 Å². The molecule has 2 heteroatoms. The number of nitrogens with zero attached hydrogens (tertiary/aromatic N) is 2. The molecule has 1 aromatic heterocycles. The molecule has 61 heavy (non-hydrogen) atoms. The standard InChI is InChI=1S/C59H44N2/c1-58(2,3)40-33-37-43(38-34-40)60(42-35-31-39(32-36-42)44-23-15-29-54-56(44)48-22-10-14-28-53(48)61(54)41-17-5-4-6-18-41)55-30-16-27-52-57(55)47-21-9-13-26-51(47)59(52)49-24-11-7-19-45(49)46-20-8-12-25-50(46)59/h4-38H,1-3H3. The van der Waals surface area contributed by atoms with Crippen LogP contribution in [0.15, 0.2) is 212 Å². The topological polar surface area (TPSA) is 8.17 Å². The van der Waals surface area contributed by atoms with Gasteiger partial charge in [0.2, 0.25) is 0 Å². The van der Waals surface area contributed by atoms with Crippen molar-refractivity contribution >= 4 is 38.9 Å². The fourth-order valence-electron chi connectivity index (χ4n) is 10.8. The highest BCUT2D eigenvalue weighted by molar-refractivity contribution is 6.16. The van der Waals surface area contributed by atoms with Gasteiger partial charge in [0, 0.05) is 33.4 Å². The molecule has 1 spiro atoms. The van der Waals surface area contributed by atoms with E-state index < -0.39 is 5.41 Å². The lowest BCUT2D eigenvalue weighted by atomic mass is 9.70. The Morgan fingerprint density at radius 3 is 1.59 bits per heavy atom. The smallest absolute Gasteiger partial charge is 0.0726 e. The van der Waals surface area contributed by atoms with E-state index in [9.17, 15) is 0 Å². The van der Waals surface area contributed by atoms with Crippen LogP contribution in [0.2, 0.25) is 0 Å². The highest BCUT2D eigenvalue weighted by Crippen LogP contribution is 2.64. The summed E-state index contributed by atoms with van der Waals surface area (Å²) < 4.78 is 2.40. The van der Waals surface area contributed by atoms with E-state index in [1.54, 1.807) is 0 Å². The fourth-order valence-corrected chi connectivity index (χ4v) is 10.8. The average molecular weight is 781 g/mol. The first-order valence-corrected chi connectivity index (χ1v) is 21.4. The van der Waals surface area contributed by atoms with Gasteiger partial charge < -0.3 is 9.47 Å². The molecular formula is C59H44N2. The van der Waals surface area contributed by atoms with Crippen molar-refractivity contribution < 1.29 is 0 Å². The molecule has 0 atom stereocenters. The second kappa shape index (κ2) is 13.3. The van der Waals surface area contributed by atoms with Gasteiger partial charge in [0.05, 0.1) is 22.1 Å². The van der Waals surface area contributed by atoms with Crippen molar-refractivity contribution in [2.75, 3.05) is 4.90 Å². The molecule has 12 rings (SSSR count). The predicted molar refractivity (Wildman–Crippen MR) is 256 cm³/mol. The number of hydrogen-bond donors (Lipinski definition) is 0. The third-order valence-corrected chi connectivity index (χ3v) is 13.4. The summed E-state index contributed by atoms with van der Waals surface area (Å²) in [5, 5.41) is 2.52. The van der Waals surface area contributed by atoms with Gasteiger partial charge in [-0.05, 0) is 116 Å². The largest absolute Gasteiger partial charge is 0.310 e. The van der Waals surface area contributed by atoms with E-state index in [1.807, 2.05) is 0 Å². The molecule has 290 valence electrons. The Labute approximate surface area is 357 Å². The second-order valence-electron chi connectivity index (χ2n) is 17.7. The maximum absolute atomic E-state index is 2.49. The van der Waals surface area contributed by atoms with Gasteiger partial charge in [0.15, 0.2) is 0 Å². The molecule has 9 aromatic carbocycles. The van der Waals surface area contributed by atoms with E-state index in [0.717, 1.165) is 17.1 Å². The minimum Gasteiger partial charge on any atom is -0.310 e. The molecular weight excluding hydrogens is 737 g/mol. The molecule has 2 aliphatic rings. The van der Waals surface area contributed by atoms with Crippen LogP contribution in [0.25, 0.3) is 60.9 Å². The van der Waals surface area contributed by atoms with Crippen molar-refractivity contribution in [3.63, 3.8) is 0 Å². The van der Waals surface area contributed by atoms with Gasteiger partial charge >= 0.3 is 0 Å². The first-order valence-electron chi connectivity index (χ1n) is 21.4. The fraction of sp³-hybridized carbons (Fsp3) is 0.0847. The minimum absolute atomic E-state index is 0.0399. The molecule has 0 saturated heterocycles. The molecule has 2 nitrogen and oxygen atoms in total. The minimum atomic E-state index is -0.418. The predicted octanol–water partition coefficient (Wildman–Crippen LogP) is 15.6. The SMILES string of the molecule is CC(C)(C)c1ccc(N(c2ccc(-c3cccc4c3c3ccccc3n4-c3ccccc3)cc2)c2cccc3c2-c2ccccc2C32c3ccccc3-c3ccccc32)cc1. The third kappa shape index (κ3) is 5.09. The summed E-state index contributed by atoms with van der Waals surface area (Å²) in [5.41, 5.74) is 20.9. The van der Waals surface area contributed by atoms with Crippen LogP contribution in [0, 0.1) is 0 Å². The van der Waals surface area contributed by atoms with E-state index in [0.29, 0.717) is 0 Å². The van der Waals surface area contributed by atoms with Crippen LogP contribution >= 0.6 is 0 Å². The highest BCUT2D eigenvalue weighted by Gasteiger charge is 2.52. The molecule has 0 saturated carbocycles. The first kappa shape index (κ1) is 35.5. The molecule has 0 N–H and O–H groups in total. The summed E-state index contributed by atoms with van der Waals surface area (Å²) in [7, 11) is 0. The maximum atomic E-state index is 2.49. The van der Waals surface area contributed by atoms with Gasteiger partial charge in [-0.15, -0.1) is 0 Å². The van der Waals surface area contributed by atoms with Crippen LogP contribution in [0.5, 0.6) is 0 Å². The zero-order valence-electron chi connectivity index (χ0n) is 34.6. The lowest BCUT2D eigenvalue weighted by molar-refractivity contribution is 0.590. The average Bonchev–Trinajstić information content (AvgIpc) is 3.92. The molecule has 0 unspecified atom stereocenters. The van der Waals surface area contributed by atoms with Crippen LogP contribution in [0.1, 0.15) is 48.6 Å². The summed E-state index contributed by atoms with van der Waals surface area (Å²) in [6.07, 6.45) is 0. The number of rotatable bonds is 5. The summed E-state index contributed by atoms with van der Waals surface area (Å²) in [4.78, 5) is 2.49. The molecule has 1 heterocycles. The Morgan fingerprint density at radius 2 is 0.918 bits per heavy atom. The van der Waals surface area contributed by atoms with Crippen molar-refractivity contribution in [2.45, 2.75) is 31.6 Å². The Bertz CT molecular complexity index is 3280. The first-order chi connectivity index (χ1) is 29.9.